The SMILES string of the molecule is C=C(CCC(C(=C)C)N(C)C)C([CH2-])CCCC.[Li+]. The molecule has 2 atom stereocenters. The zero-order chi connectivity index (χ0) is 13.4. The van der Waals surface area contributed by atoms with E-state index in [9.17, 15) is 0 Å². The summed E-state index contributed by atoms with van der Waals surface area (Å²) < 4.78 is 0. The van der Waals surface area contributed by atoms with Crippen LogP contribution < -0.4 is 18.9 Å². The minimum absolute atomic E-state index is 0. The molecular weight excluding hydrogens is 213 g/mol. The van der Waals surface area contributed by atoms with Crippen molar-refractivity contribution >= 4 is 0 Å². The quantitative estimate of drug-likeness (QED) is 0.337. The molecule has 0 spiro atoms. The number of allylic oxidation sites excluding steroid dienone is 1. The summed E-state index contributed by atoms with van der Waals surface area (Å²) in [5.41, 5.74) is 2.53. The van der Waals surface area contributed by atoms with Gasteiger partial charge >= 0.3 is 18.9 Å². The molecular formula is C16H30LiN. The van der Waals surface area contributed by atoms with Crippen molar-refractivity contribution in [3.63, 3.8) is 0 Å². The Hall–Kier alpha value is 0.0374. The first-order chi connectivity index (χ1) is 7.90. The van der Waals surface area contributed by atoms with Gasteiger partial charge in [0, 0.05) is 6.04 Å². The van der Waals surface area contributed by atoms with E-state index in [1.54, 1.807) is 0 Å². The second-order valence-electron chi connectivity index (χ2n) is 5.36. The van der Waals surface area contributed by atoms with Gasteiger partial charge in [-0.25, -0.2) is 0 Å². The first-order valence-electron chi connectivity index (χ1n) is 6.72. The third-order valence-corrected chi connectivity index (χ3v) is 3.41. The largest absolute Gasteiger partial charge is 1.00 e. The van der Waals surface area contributed by atoms with E-state index in [1.165, 1.54) is 30.4 Å². The van der Waals surface area contributed by atoms with E-state index in [-0.39, 0.29) is 18.9 Å². The number of nitrogens with zero attached hydrogens (tertiary/aromatic N) is 1. The molecule has 0 radical (unpaired) electrons. The van der Waals surface area contributed by atoms with Crippen LogP contribution in [0.15, 0.2) is 24.3 Å². The molecule has 2 heteroatoms. The zero-order valence-electron chi connectivity index (χ0n) is 13.3. The summed E-state index contributed by atoms with van der Waals surface area (Å²) in [5, 5.41) is 0. The van der Waals surface area contributed by atoms with Crippen molar-refractivity contribution < 1.29 is 18.9 Å². The van der Waals surface area contributed by atoms with Gasteiger partial charge in [-0.1, -0.05) is 38.3 Å². The van der Waals surface area contributed by atoms with Crippen molar-refractivity contribution in [1.29, 1.82) is 0 Å². The summed E-state index contributed by atoms with van der Waals surface area (Å²) in [5.74, 6) is 0.419. The van der Waals surface area contributed by atoms with Crippen LogP contribution in [0.4, 0.5) is 0 Å². The third kappa shape index (κ3) is 8.19. The monoisotopic (exact) mass is 243 g/mol. The van der Waals surface area contributed by atoms with Gasteiger partial charge in [-0.3, -0.25) is 0 Å². The third-order valence-electron chi connectivity index (χ3n) is 3.41. The van der Waals surface area contributed by atoms with Crippen LogP contribution in [0.2, 0.25) is 0 Å². The van der Waals surface area contributed by atoms with E-state index in [0.29, 0.717) is 12.0 Å². The van der Waals surface area contributed by atoms with Crippen molar-refractivity contribution in [3.05, 3.63) is 31.2 Å². The number of likely N-dealkylation sites (N-methyl/N-ethyl adjacent to an activating group) is 1. The Kier molecular flexibility index (Phi) is 12.3. The number of unbranched alkanes of at least 4 members (excludes halogenated alkanes) is 1. The molecule has 18 heavy (non-hydrogen) atoms. The van der Waals surface area contributed by atoms with Crippen LogP contribution in [0, 0.1) is 12.8 Å². The molecule has 0 saturated heterocycles. The van der Waals surface area contributed by atoms with E-state index in [2.05, 4.69) is 52.9 Å². The fourth-order valence-corrected chi connectivity index (χ4v) is 2.13. The van der Waals surface area contributed by atoms with Gasteiger partial charge in [0.15, 0.2) is 0 Å². The Balaban J connectivity index is 0. The second kappa shape index (κ2) is 10.9. The molecule has 0 N–H and O–H groups in total. The van der Waals surface area contributed by atoms with Crippen LogP contribution in [0.3, 0.4) is 0 Å². The Morgan fingerprint density at radius 2 is 1.78 bits per heavy atom. The Labute approximate surface area is 127 Å². The number of hydrogen-bond donors (Lipinski definition) is 0. The van der Waals surface area contributed by atoms with Crippen LogP contribution in [-0.4, -0.2) is 25.0 Å². The number of hydrogen-bond acceptors (Lipinski definition) is 1. The molecule has 0 bridgehead atoms. The molecule has 0 aliphatic heterocycles. The standard InChI is InChI=1S/C16H30N.Li/c1-8-9-10-14(4)15(5)11-12-16(13(2)3)17(6)7;/h14,16H,2,4-5,8-12H2,1,3,6-7H3;/q-1;+1. The normalized spacial score (nSPS) is 13.9. The van der Waals surface area contributed by atoms with Crippen molar-refractivity contribution in [2.45, 2.75) is 52.0 Å². The smallest absolute Gasteiger partial charge is 0.336 e. The molecule has 0 fully saturated rings. The van der Waals surface area contributed by atoms with E-state index >= 15 is 0 Å². The Bertz CT molecular complexity index is 245. The molecule has 0 rings (SSSR count). The van der Waals surface area contributed by atoms with Crippen LogP contribution in [0.1, 0.15) is 46.0 Å². The molecule has 0 aliphatic rings. The fraction of sp³-hybridized carbons (Fsp3) is 0.688. The minimum atomic E-state index is 0. The van der Waals surface area contributed by atoms with Gasteiger partial charge in [0.25, 0.3) is 0 Å². The summed E-state index contributed by atoms with van der Waals surface area (Å²) in [6.45, 7) is 16.8. The number of rotatable bonds is 9. The minimum Gasteiger partial charge on any atom is -0.336 e. The summed E-state index contributed by atoms with van der Waals surface area (Å²) in [7, 11) is 4.22. The van der Waals surface area contributed by atoms with Gasteiger partial charge < -0.3 is 11.8 Å². The molecule has 0 aromatic rings. The van der Waals surface area contributed by atoms with Crippen molar-refractivity contribution in [1.82, 2.24) is 4.90 Å². The maximum absolute atomic E-state index is 4.21. The van der Waals surface area contributed by atoms with Crippen LogP contribution in [-0.2, 0) is 0 Å². The van der Waals surface area contributed by atoms with E-state index < -0.39 is 0 Å². The van der Waals surface area contributed by atoms with E-state index in [4.69, 9.17) is 0 Å². The van der Waals surface area contributed by atoms with Crippen molar-refractivity contribution in [3.8, 4) is 0 Å². The van der Waals surface area contributed by atoms with Gasteiger partial charge in [0.2, 0.25) is 0 Å². The summed E-state index contributed by atoms with van der Waals surface area (Å²) in [6.07, 6.45) is 5.85. The molecule has 0 heterocycles. The summed E-state index contributed by atoms with van der Waals surface area (Å²) in [4.78, 5) is 2.24. The summed E-state index contributed by atoms with van der Waals surface area (Å²) >= 11 is 0. The topological polar surface area (TPSA) is 3.24 Å². The first-order valence-corrected chi connectivity index (χ1v) is 6.72. The Morgan fingerprint density at radius 1 is 1.22 bits per heavy atom. The Morgan fingerprint density at radius 3 is 2.17 bits per heavy atom. The van der Waals surface area contributed by atoms with Crippen molar-refractivity contribution in [2.75, 3.05) is 14.1 Å². The van der Waals surface area contributed by atoms with Crippen LogP contribution >= 0.6 is 0 Å². The molecule has 0 amide bonds. The fourth-order valence-electron chi connectivity index (χ4n) is 2.13. The maximum atomic E-state index is 4.21. The molecule has 0 aliphatic carbocycles. The van der Waals surface area contributed by atoms with Gasteiger partial charge in [0.05, 0.1) is 0 Å². The molecule has 0 saturated carbocycles. The van der Waals surface area contributed by atoms with Crippen LogP contribution in [0.5, 0.6) is 0 Å². The maximum Gasteiger partial charge on any atom is 1.00 e. The van der Waals surface area contributed by atoms with E-state index in [1.807, 2.05) is 0 Å². The molecule has 100 valence electrons. The van der Waals surface area contributed by atoms with Gasteiger partial charge in [-0.15, -0.1) is 18.1 Å². The molecule has 0 aromatic heterocycles. The molecule has 2 unspecified atom stereocenters. The predicted molar refractivity (Wildman–Crippen MR) is 79.0 cm³/mol. The van der Waals surface area contributed by atoms with Gasteiger partial charge in [-0.2, -0.15) is 0 Å². The van der Waals surface area contributed by atoms with Gasteiger partial charge in [-0.05, 0) is 33.9 Å². The second-order valence-corrected chi connectivity index (χ2v) is 5.36. The first kappa shape index (κ1) is 20.4. The van der Waals surface area contributed by atoms with Crippen LogP contribution in [0.25, 0.3) is 0 Å². The van der Waals surface area contributed by atoms with Crippen molar-refractivity contribution in [2.24, 2.45) is 5.92 Å². The molecule has 1 nitrogen and oxygen atoms in total. The van der Waals surface area contributed by atoms with E-state index in [0.717, 1.165) is 12.8 Å². The average Bonchev–Trinajstić information content (AvgIpc) is 2.24. The summed E-state index contributed by atoms with van der Waals surface area (Å²) in [6, 6.07) is 0.463. The average molecular weight is 243 g/mol. The zero-order valence-corrected chi connectivity index (χ0v) is 13.3. The van der Waals surface area contributed by atoms with Gasteiger partial charge in [0.1, 0.15) is 0 Å². The molecule has 0 aromatic carbocycles. The predicted octanol–water partition coefficient (Wildman–Crippen LogP) is 1.47.